The molecule has 0 spiro atoms. The van der Waals surface area contributed by atoms with Crippen molar-refractivity contribution in [3.63, 3.8) is 0 Å². The Bertz CT molecular complexity index is 620. The minimum atomic E-state index is -0.470. The second-order valence-electron chi connectivity index (χ2n) is 5.24. The van der Waals surface area contributed by atoms with Gasteiger partial charge < -0.3 is 10.8 Å². The van der Waals surface area contributed by atoms with Gasteiger partial charge in [-0.15, -0.1) is 0 Å². The average Bonchev–Trinajstić information content (AvgIpc) is 2.88. The number of benzene rings is 1. The maximum Gasteiger partial charge on any atom is 0.225 e. The molecule has 1 heterocycles. The largest absolute Gasteiger partial charge is 0.394 e. The zero-order valence-corrected chi connectivity index (χ0v) is 12.8. The molecule has 0 unspecified atom stereocenters. The van der Waals surface area contributed by atoms with Crippen molar-refractivity contribution >= 4 is 5.91 Å². The molecule has 1 amide bonds. The van der Waals surface area contributed by atoms with Crippen molar-refractivity contribution in [2.24, 2.45) is 5.73 Å². The molecule has 22 heavy (non-hydrogen) atoms. The van der Waals surface area contributed by atoms with E-state index in [2.05, 4.69) is 29.1 Å². The number of aryl methyl sites for hydroxylation is 1. The fraction of sp³-hybridized carbons (Fsp3) is 0.438. The number of carbonyl (C=O) groups is 1. The van der Waals surface area contributed by atoms with Crippen LogP contribution >= 0.6 is 0 Å². The molecular weight excluding hydrogens is 280 g/mol. The molecule has 0 aliphatic heterocycles. The average molecular weight is 302 g/mol. The van der Waals surface area contributed by atoms with E-state index in [0.717, 1.165) is 12.0 Å². The van der Waals surface area contributed by atoms with Crippen molar-refractivity contribution < 1.29 is 9.90 Å². The first kappa shape index (κ1) is 16.2. The molecule has 3 N–H and O–H groups in total. The van der Waals surface area contributed by atoms with Crippen LogP contribution in [0.4, 0.5) is 0 Å². The first-order valence-corrected chi connectivity index (χ1v) is 7.56. The molecule has 118 valence electrons. The van der Waals surface area contributed by atoms with Crippen LogP contribution in [0.5, 0.6) is 0 Å². The molecule has 0 atom stereocenters. The number of aromatic nitrogens is 3. The topological polar surface area (TPSA) is 94.0 Å². The number of hydrogen-bond acceptors (Lipinski definition) is 4. The fourth-order valence-corrected chi connectivity index (χ4v) is 2.29. The summed E-state index contributed by atoms with van der Waals surface area (Å²) in [7, 11) is 0. The summed E-state index contributed by atoms with van der Waals surface area (Å²) in [5.74, 6) is 0.556. The first-order valence-electron chi connectivity index (χ1n) is 7.56. The van der Waals surface area contributed by atoms with Crippen LogP contribution in [0.2, 0.25) is 0 Å². The van der Waals surface area contributed by atoms with Crippen molar-refractivity contribution in [1.29, 1.82) is 0 Å². The lowest BCUT2D eigenvalue weighted by atomic mass is 10.1. The summed E-state index contributed by atoms with van der Waals surface area (Å²) in [5, 5.41) is 13.4. The Morgan fingerprint density at radius 3 is 2.64 bits per heavy atom. The quantitative estimate of drug-likeness (QED) is 0.768. The van der Waals surface area contributed by atoms with Crippen molar-refractivity contribution in [1.82, 2.24) is 14.8 Å². The number of nitrogens with two attached hydrogens (primary N) is 1. The van der Waals surface area contributed by atoms with Gasteiger partial charge in [0.05, 0.1) is 19.6 Å². The lowest BCUT2D eigenvalue weighted by Crippen LogP contribution is -2.15. The van der Waals surface area contributed by atoms with Crippen LogP contribution in [-0.2, 0) is 24.2 Å². The van der Waals surface area contributed by atoms with Crippen molar-refractivity contribution in [2.75, 3.05) is 6.61 Å². The van der Waals surface area contributed by atoms with Gasteiger partial charge in [-0.1, -0.05) is 37.6 Å². The second kappa shape index (κ2) is 7.70. The Morgan fingerprint density at radius 2 is 2.05 bits per heavy atom. The number of primary amides is 1. The van der Waals surface area contributed by atoms with Crippen molar-refractivity contribution in [2.45, 2.75) is 39.2 Å². The molecule has 2 rings (SSSR count). The highest BCUT2D eigenvalue weighted by atomic mass is 16.3. The third-order valence-electron chi connectivity index (χ3n) is 3.39. The number of aliphatic hydroxyl groups excluding tert-OH is 1. The minimum absolute atomic E-state index is 0.0000120. The predicted molar refractivity (Wildman–Crippen MR) is 84.1 cm³/mol. The molecule has 0 radical (unpaired) electrons. The highest BCUT2D eigenvalue weighted by Gasteiger charge is 2.13. The zero-order chi connectivity index (χ0) is 15.9. The predicted octanol–water partition coefficient (Wildman–Crippen LogP) is 1.31. The Kier molecular flexibility index (Phi) is 5.66. The van der Waals surface area contributed by atoms with Gasteiger partial charge in [-0.05, 0) is 18.4 Å². The van der Waals surface area contributed by atoms with Gasteiger partial charge in [0.1, 0.15) is 0 Å². The minimum Gasteiger partial charge on any atom is -0.394 e. The van der Waals surface area contributed by atoms with E-state index in [1.54, 1.807) is 4.68 Å². The molecule has 1 aromatic heterocycles. The van der Waals surface area contributed by atoms with E-state index in [0.29, 0.717) is 18.2 Å². The molecule has 0 fully saturated rings. The number of rotatable bonds is 8. The fourth-order valence-electron chi connectivity index (χ4n) is 2.29. The summed E-state index contributed by atoms with van der Waals surface area (Å²) < 4.78 is 1.61. The van der Waals surface area contributed by atoms with E-state index in [-0.39, 0.29) is 13.0 Å². The van der Waals surface area contributed by atoms with Gasteiger partial charge in [-0.25, -0.2) is 9.67 Å². The molecule has 0 bridgehead atoms. The van der Waals surface area contributed by atoms with Gasteiger partial charge in [-0.3, -0.25) is 4.79 Å². The van der Waals surface area contributed by atoms with Crippen molar-refractivity contribution in [3.8, 4) is 11.4 Å². The highest BCUT2D eigenvalue weighted by molar-refractivity contribution is 5.75. The molecule has 0 aliphatic rings. The molecule has 0 saturated carbocycles. The van der Waals surface area contributed by atoms with Gasteiger partial charge >= 0.3 is 0 Å². The van der Waals surface area contributed by atoms with Crippen LogP contribution in [0.1, 0.15) is 31.2 Å². The highest BCUT2D eigenvalue weighted by Crippen LogP contribution is 2.19. The molecule has 6 heteroatoms. The smallest absolute Gasteiger partial charge is 0.225 e. The maximum atomic E-state index is 11.0. The van der Waals surface area contributed by atoms with E-state index in [4.69, 9.17) is 10.8 Å². The standard InChI is InChI=1S/C16H22N4O2/c1-2-3-4-12-5-7-13(8-6-12)16-18-15(11-14(17)22)19-20(16)9-10-21/h5-8,21H,2-4,9-11H2,1H3,(H2,17,22). The van der Waals surface area contributed by atoms with Gasteiger partial charge in [-0.2, -0.15) is 5.10 Å². The lowest BCUT2D eigenvalue weighted by Gasteiger charge is -2.05. The SMILES string of the molecule is CCCCc1ccc(-c2nc(CC(N)=O)nn2CCO)cc1. The number of unbranched alkanes of at least 4 members (excludes halogenated alkanes) is 1. The van der Waals surface area contributed by atoms with E-state index >= 15 is 0 Å². The number of nitrogens with zero attached hydrogens (tertiary/aromatic N) is 3. The van der Waals surface area contributed by atoms with Crippen LogP contribution in [0.15, 0.2) is 24.3 Å². The summed E-state index contributed by atoms with van der Waals surface area (Å²) in [6.07, 6.45) is 3.40. The van der Waals surface area contributed by atoms with Crippen LogP contribution in [0, 0.1) is 0 Å². The van der Waals surface area contributed by atoms with Gasteiger partial charge in [0.25, 0.3) is 0 Å². The monoisotopic (exact) mass is 302 g/mol. The van der Waals surface area contributed by atoms with Crippen LogP contribution in [0.25, 0.3) is 11.4 Å². The van der Waals surface area contributed by atoms with Crippen LogP contribution in [-0.4, -0.2) is 32.4 Å². The van der Waals surface area contributed by atoms with E-state index in [1.807, 2.05) is 12.1 Å². The van der Waals surface area contributed by atoms with E-state index < -0.39 is 5.91 Å². The first-order chi connectivity index (χ1) is 10.6. The van der Waals surface area contributed by atoms with Gasteiger partial charge in [0.2, 0.25) is 5.91 Å². The summed E-state index contributed by atoms with van der Waals surface area (Å²) in [6.45, 7) is 2.46. The van der Waals surface area contributed by atoms with Gasteiger partial charge in [0, 0.05) is 5.56 Å². The lowest BCUT2D eigenvalue weighted by molar-refractivity contribution is -0.117. The number of amides is 1. The number of hydrogen-bond donors (Lipinski definition) is 2. The summed E-state index contributed by atoms with van der Waals surface area (Å²) in [5.41, 5.74) is 7.39. The normalized spacial score (nSPS) is 10.8. The summed E-state index contributed by atoms with van der Waals surface area (Å²) in [6, 6.07) is 8.15. The Morgan fingerprint density at radius 1 is 1.32 bits per heavy atom. The molecule has 6 nitrogen and oxygen atoms in total. The second-order valence-corrected chi connectivity index (χ2v) is 5.24. The third kappa shape index (κ3) is 4.14. The van der Waals surface area contributed by atoms with Gasteiger partial charge in [0.15, 0.2) is 11.6 Å². The van der Waals surface area contributed by atoms with E-state index in [9.17, 15) is 4.79 Å². The third-order valence-corrected chi connectivity index (χ3v) is 3.39. The Labute approximate surface area is 130 Å². The van der Waals surface area contributed by atoms with Crippen molar-refractivity contribution in [3.05, 3.63) is 35.7 Å². The Hall–Kier alpha value is -2.21. The van der Waals surface area contributed by atoms with E-state index in [1.165, 1.54) is 18.4 Å². The molecule has 0 aliphatic carbocycles. The molecule has 0 saturated heterocycles. The maximum absolute atomic E-state index is 11.0. The molecular formula is C16H22N4O2. The van der Waals surface area contributed by atoms with Crippen LogP contribution < -0.4 is 5.73 Å². The van der Waals surface area contributed by atoms with Crippen LogP contribution in [0.3, 0.4) is 0 Å². The molecule has 2 aromatic rings. The number of aliphatic hydroxyl groups is 1. The number of carbonyl (C=O) groups excluding carboxylic acids is 1. The summed E-state index contributed by atoms with van der Waals surface area (Å²) in [4.78, 5) is 15.4. The zero-order valence-electron chi connectivity index (χ0n) is 12.8. The Balaban J connectivity index is 2.25. The molecule has 1 aromatic carbocycles. The summed E-state index contributed by atoms with van der Waals surface area (Å²) >= 11 is 0.